The summed E-state index contributed by atoms with van der Waals surface area (Å²) in [6.07, 6.45) is 0. The van der Waals surface area contributed by atoms with Crippen LogP contribution in [0.2, 0.25) is 5.02 Å². The molecule has 3 rings (SSSR count). The third-order valence-electron chi connectivity index (χ3n) is 4.02. The summed E-state index contributed by atoms with van der Waals surface area (Å²) in [5, 5.41) is 7.75. The fraction of sp³-hybridized carbons (Fsp3) is 0.190. The summed E-state index contributed by atoms with van der Waals surface area (Å²) in [4.78, 5) is 24.5. The molecule has 0 saturated heterocycles. The van der Waals surface area contributed by atoms with E-state index in [0.717, 1.165) is 5.56 Å². The zero-order chi connectivity index (χ0) is 20.6. The maximum atomic E-state index is 12.7. The Bertz CT molecular complexity index is 971. The van der Waals surface area contributed by atoms with Gasteiger partial charge in [-0.15, -0.1) is 0 Å². The molecule has 0 fully saturated rings. The number of para-hydroxylation sites is 1. The second-order valence-corrected chi connectivity index (χ2v) is 6.52. The van der Waals surface area contributed by atoms with Gasteiger partial charge in [0.1, 0.15) is 0 Å². The van der Waals surface area contributed by atoms with Gasteiger partial charge in [0.2, 0.25) is 0 Å². The van der Waals surface area contributed by atoms with Crippen LogP contribution in [0.15, 0.2) is 60.7 Å². The first-order valence-corrected chi connectivity index (χ1v) is 9.30. The summed E-state index contributed by atoms with van der Waals surface area (Å²) in [5.74, 6) is -1.05. The molecule has 1 N–H and O–H groups in total. The molecule has 1 heterocycles. The number of rotatable bonds is 8. The lowest BCUT2D eigenvalue weighted by atomic mass is 10.1. The van der Waals surface area contributed by atoms with E-state index < -0.39 is 18.5 Å². The maximum absolute atomic E-state index is 12.7. The van der Waals surface area contributed by atoms with Crippen molar-refractivity contribution < 1.29 is 19.1 Å². The summed E-state index contributed by atoms with van der Waals surface area (Å²) in [6.45, 7) is 0.333. The van der Waals surface area contributed by atoms with Crippen LogP contribution in [0.4, 0.5) is 0 Å². The summed E-state index contributed by atoms with van der Waals surface area (Å²) < 4.78 is 11.5. The number of ether oxygens (including phenoxy) is 2. The van der Waals surface area contributed by atoms with Crippen LogP contribution in [0.1, 0.15) is 10.5 Å². The monoisotopic (exact) mass is 413 g/mol. The molecular formula is C21H20ClN3O4. The van der Waals surface area contributed by atoms with Crippen LogP contribution in [-0.2, 0) is 14.3 Å². The standard InChI is InChI=1S/C21H20ClN3O4/c1-28-12-11-23-20(26)14-29-21(27)19-13-18(15-7-9-16(22)10-8-15)24-25(19)17-5-3-2-4-6-17/h2-10,13H,11-12,14H2,1H3,(H,23,26). The van der Waals surface area contributed by atoms with Crippen LogP contribution >= 0.6 is 11.6 Å². The van der Waals surface area contributed by atoms with Crippen LogP contribution in [0, 0.1) is 0 Å². The maximum Gasteiger partial charge on any atom is 0.357 e. The van der Waals surface area contributed by atoms with Crippen LogP contribution in [-0.4, -0.2) is 48.5 Å². The van der Waals surface area contributed by atoms with Gasteiger partial charge in [-0.05, 0) is 30.3 Å². The second kappa shape index (κ2) is 9.86. The second-order valence-electron chi connectivity index (χ2n) is 6.09. The van der Waals surface area contributed by atoms with E-state index in [1.165, 1.54) is 11.8 Å². The van der Waals surface area contributed by atoms with E-state index in [2.05, 4.69) is 10.4 Å². The van der Waals surface area contributed by atoms with Crippen molar-refractivity contribution in [3.63, 3.8) is 0 Å². The number of carbonyl (C=O) groups is 2. The molecule has 0 radical (unpaired) electrons. The van der Waals surface area contributed by atoms with E-state index in [0.29, 0.717) is 29.6 Å². The molecule has 1 amide bonds. The molecule has 0 aliphatic heterocycles. The zero-order valence-corrected chi connectivity index (χ0v) is 16.6. The molecule has 3 aromatic rings. The average molecular weight is 414 g/mol. The van der Waals surface area contributed by atoms with Gasteiger partial charge in [0, 0.05) is 24.2 Å². The number of hydrogen-bond acceptors (Lipinski definition) is 5. The number of amides is 1. The van der Waals surface area contributed by atoms with Crippen LogP contribution in [0.5, 0.6) is 0 Å². The largest absolute Gasteiger partial charge is 0.451 e. The van der Waals surface area contributed by atoms with Crippen molar-refractivity contribution in [1.29, 1.82) is 0 Å². The van der Waals surface area contributed by atoms with Crippen molar-refractivity contribution in [2.24, 2.45) is 0 Å². The predicted octanol–water partition coefficient (Wildman–Crippen LogP) is 3.11. The first-order valence-electron chi connectivity index (χ1n) is 8.92. The van der Waals surface area contributed by atoms with E-state index in [9.17, 15) is 9.59 Å². The number of esters is 1. The van der Waals surface area contributed by atoms with Crippen molar-refractivity contribution in [1.82, 2.24) is 15.1 Å². The Kier molecular flexibility index (Phi) is 6.99. The Balaban J connectivity index is 1.83. The number of methoxy groups -OCH3 is 1. The lowest BCUT2D eigenvalue weighted by Crippen LogP contribution is -2.31. The summed E-state index contributed by atoms with van der Waals surface area (Å²) >= 11 is 5.95. The van der Waals surface area contributed by atoms with Crippen molar-refractivity contribution >= 4 is 23.5 Å². The minimum Gasteiger partial charge on any atom is -0.451 e. The van der Waals surface area contributed by atoms with E-state index in [-0.39, 0.29) is 5.69 Å². The first-order chi connectivity index (χ1) is 14.1. The van der Waals surface area contributed by atoms with Crippen LogP contribution in [0.25, 0.3) is 16.9 Å². The lowest BCUT2D eigenvalue weighted by Gasteiger charge is -2.08. The van der Waals surface area contributed by atoms with Gasteiger partial charge in [0.15, 0.2) is 12.3 Å². The molecule has 0 atom stereocenters. The predicted molar refractivity (Wildman–Crippen MR) is 109 cm³/mol. The van der Waals surface area contributed by atoms with E-state index in [1.54, 1.807) is 18.2 Å². The van der Waals surface area contributed by atoms with Crippen molar-refractivity contribution in [3.8, 4) is 16.9 Å². The lowest BCUT2D eigenvalue weighted by molar-refractivity contribution is -0.124. The zero-order valence-electron chi connectivity index (χ0n) is 15.8. The quantitative estimate of drug-likeness (QED) is 0.453. The molecular weight excluding hydrogens is 394 g/mol. The third kappa shape index (κ3) is 5.43. The highest BCUT2D eigenvalue weighted by atomic mass is 35.5. The molecule has 8 heteroatoms. The van der Waals surface area contributed by atoms with Crippen LogP contribution in [0.3, 0.4) is 0 Å². The fourth-order valence-electron chi connectivity index (χ4n) is 2.60. The molecule has 2 aromatic carbocycles. The Morgan fingerprint density at radius 2 is 1.83 bits per heavy atom. The number of aromatic nitrogens is 2. The number of nitrogens with one attached hydrogen (secondary N) is 1. The fourth-order valence-corrected chi connectivity index (χ4v) is 2.73. The van der Waals surface area contributed by atoms with Gasteiger partial charge >= 0.3 is 5.97 Å². The Hall–Kier alpha value is -3.16. The van der Waals surface area contributed by atoms with E-state index >= 15 is 0 Å². The molecule has 7 nitrogen and oxygen atoms in total. The Morgan fingerprint density at radius 3 is 2.52 bits per heavy atom. The molecule has 1 aromatic heterocycles. The van der Waals surface area contributed by atoms with E-state index in [1.807, 2.05) is 42.5 Å². The molecule has 29 heavy (non-hydrogen) atoms. The van der Waals surface area contributed by atoms with Gasteiger partial charge in [-0.2, -0.15) is 5.10 Å². The number of nitrogens with zero attached hydrogens (tertiary/aromatic N) is 2. The van der Waals surface area contributed by atoms with Gasteiger partial charge in [0.05, 0.1) is 18.0 Å². The molecule has 0 unspecified atom stereocenters. The third-order valence-corrected chi connectivity index (χ3v) is 4.27. The normalized spacial score (nSPS) is 10.6. The molecule has 0 spiro atoms. The average Bonchev–Trinajstić information content (AvgIpc) is 3.19. The van der Waals surface area contributed by atoms with Gasteiger partial charge in [-0.1, -0.05) is 41.9 Å². The van der Waals surface area contributed by atoms with Crippen LogP contribution < -0.4 is 5.32 Å². The summed E-state index contributed by atoms with van der Waals surface area (Å²) in [7, 11) is 1.54. The molecule has 0 bridgehead atoms. The Morgan fingerprint density at radius 1 is 1.10 bits per heavy atom. The summed E-state index contributed by atoms with van der Waals surface area (Å²) in [6, 6.07) is 18.0. The minimum absolute atomic E-state index is 0.214. The number of hydrogen-bond donors (Lipinski definition) is 1. The first kappa shape index (κ1) is 20.6. The minimum atomic E-state index is -0.650. The highest BCUT2D eigenvalue weighted by Crippen LogP contribution is 2.23. The van der Waals surface area contributed by atoms with Crippen molar-refractivity contribution in [2.45, 2.75) is 0 Å². The highest BCUT2D eigenvalue weighted by molar-refractivity contribution is 6.30. The Labute approximate surface area is 173 Å². The topological polar surface area (TPSA) is 82.4 Å². The molecule has 150 valence electrons. The molecule has 0 aliphatic rings. The van der Waals surface area contributed by atoms with Crippen molar-refractivity contribution in [3.05, 3.63) is 71.4 Å². The molecule has 0 aliphatic carbocycles. The summed E-state index contributed by atoms with van der Waals surface area (Å²) in [5.41, 5.74) is 2.30. The number of carbonyl (C=O) groups excluding carboxylic acids is 2. The van der Waals surface area contributed by atoms with Gasteiger partial charge in [-0.3, -0.25) is 4.79 Å². The van der Waals surface area contributed by atoms with E-state index in [4.69, 9.17) is 21.1 Å². The SMILES string of the molecule is COCCNC(=O)COC(=O)c1cc(-c2ccc(Cl)cc2)nn1-c1ccccc1. The smallest absolute Gasteiger partial charge is 0.357 e. The van der Waals surface area contributed by atoms with Crippen molar-refractivity contribution in [2.75, 3.05) is 26.9 Å². The number of halogens is 1. The molecule has 0 saturated carbocycles. The van der Waals surface area contributed by atoms with Gasteiger partial charge < -0.3 is 14.8 Å². The van der Waals surface area contributed by atoms with Gasteiger partial charge in [-0.25, -0.2) is 9.48 Å². The highest BCUT2D eigenvalue weighted by Gasteiger charge is 2.20. The van der Waals surface area contributed by atoms with Gasteiger partial charge in [0.25, 0.3) is 5.91 Å². The number of benzene rings is 2.